The number of sulfonamides is 1. The van der Waals surface area contributed by atoms with Gasteiger partial charge in [0.1, 0.15) is 17.0 Å². The molecule has 13 nitrogen and oxygen atoms in total. The Bertz CT molecular complexity index is 2090. The molecule has 14 heteroatoms. The predicted molar refractivity (Wildman–Crippen MR) is 181 cm³/mol. The third kappa shape index (κ3) is 7.59. The fourth-order valence-corrected chi connectivity index (χ4v) is 5.82. The smallest absolute Gasteiger partial charge is 0.338 e. The number of carboxylic acid groups (broad SMARTS) is 1. The number of para-hydroxylation sites is 2. The average Bonchev–Trinajstić information content (AvgIpc) is 3.85. The molecule has 1 aromatic heterocycles. The summed E-state index contributed by atoms with van der Waals surface area (Å²) in [6, 6.07) is 20.7. The fraction of sp³-hybridized carbons (Fsp3) is 0.257. The minimum atomic E-state index is -4.07. The monoisotopic (exact) mass is 685 g/mol. The summed E-state index contributed by atoms with van der Waals surface area (Å²) in [6.07, 6.45) is 1.93. The van der Waals surface area contributed by atoms with E-state index < -0.39 is 27.4 Å². The van der Waals surface area contributed by atoms with Crippen molar-refractivity contribution >= 4 is 50.5 Å². The molecule has 0 radical (unpaired) electrons. The first-order valence-corrected chi connectivity index (χ1v) is 16.9. The number of amidine groups is 1. The Kier molecular flexibility index (Phi) is 9.80. The second-order valence-corrected chi connectivity index (χ2v) is 13.7. The number of ether oxygens (including phenoxy) is 1. The molecule has 0 saturated heterocycles. The second-order valence-electron chi connectivity index (χ2n) is 12.0. The molecule has 2 heterocycles. The number of methoxy groups -OCH3 is 1. The van der Waals surface area contributed by atoms with Gasteiger partial charge in [0, 0.05) is 17.0 Å². The normalized spacial score (nSPS) is 17.0. The van der Waals surface area contributed by atoms with Gasteiger partial charge in [0.05, 0.1) is 28.6 Å². The lowest BCUT2D eigenvalue weighted by atomic mass is 9.89. The van der Waals surface area contributed by atoms with Gasteiger partial charge < -0.3 is 20.5 Å². The number of carbonyl (C=O) groups excluding carboxylic acids is 3. The van der Waals surface area contributed by atoms with E-state index in [0.717, 1.165) is 18.2 Å². The summed E-state index contributed by atoms with van der Waals surface area (Å²) in [5, 5.41) is 15.7. The molecule has 49 heavy (non-hydrogen) atoms. The number of amides is 3. The molecular weight excluding hydrogens is 650 g/mol. The summed E-state index contributed by atoms with van der Waals surface area (Å²) in [5.41, 5.74) is 0.427. The number of fused-ring (bicyclic) bond motifs is 1. The third-order valence-corrected chi connectivity index (χ3v) is 9.60. The van der Waals surface area contributed by atoms with Crippen molar-refractivity contribution in [2.24, 2.45) is 10.9 Å². The van der Waals surface area contributed by atoms with Crippen LogP contribution in [0.2, 0.25) is 0 Å². The number of hydrogen-bond donors (Lipinski definition) is 4. The first-order chi connectivity index (χ1) is 23.2. The van der Waals surface area contributed by atoms with Crippen molar-refractivity contribution in [3.63, 3.8) is 0 Å². The number of nitrogens with zero attached hydrogens (tertiary/aromatic N) is 2. The van der Waals surface area contributed by atoms with Crippen molar-refractivity contribution < 1.29 is 37.4 Å². The molecule has 1 unspecified atom stereocenters. The molecule has 2 aliphatic rings. The zero-order valence-corrected chi connectivity index (χ0v) is 28.0. The zero-order valence-electron chi connectivity index (χ0n) is 27.2. The van der Waals surface area contributed by atoms with Gasteiger partial charge in [0.15, 0.2) is 5.84 Å². The number of pyridine rings is 1. The van der Waals surface area contributed by atoms with Gasteiger partial charge in [0.25, 0.3) is 27.7 Å². The number of hydrogen-bond acceptors (Lipinski definition) is 9. The highest BCUT2D eigenvalue weighted by molar-refractivity contribution is 7.90. The van der Waals surface area contributed by atoms with Crippen LogP contribution in [0, 0.1) is 5.92 Å². The average molecular weight is 686 g/mol. The Morgan fingerprint density at radius 1 is 0.959 bits per heavy atom. The number of carbonyl (C=O) groups is 4. The highest BCUT2D eigenvalue weighted by Crippen LogP contribution is 2.28. The van der Waals surface area contributed by atoms with Gasteiger partial charge in [-0.2, -0.15) is 0 Å². The second kappa shape index (κ2) is 13.8. The number of benzene rings is 3. The quantitative estimate of drug-likeness (QED) is 0.202. The van der Waals surface area contributed by atoms with Crippen LogP contribution in [-0.2, 0) is 14.8 Å². The SMILES string of the molecule is CC(C)C1(C)N=C(c2nc3ccccc3cc2C(=O)O)NC1=O.COc1ccccc1C(=O)NS(=O)(=O)c1ccc(C(=O)NC2CC2)cc1. The maximum atomic E-state index is 12.4. The summed E-state index contributed by atoms with van der Waals surface area (Å²) in [7, 11) is -2.68. The van der Waals surface area contributed by atoms with Crippen LogP contribution in [-0.4, -0.2) is 66.7 Å². The Morgan fingerprint density at radius 3 is 2.22 bits per heavy atom. The minimum absolute atomic E-state index is 0.0197. The Labute approximate surface area is 282 Å². The van der Waals surface area contributed by atoms with Crippen LogP contribution in [0.4, 0.5) is 0 Å². The Balaban J connectivity index is 0.000000192. The van der Waals surface area contributed by atoms with E-state index in [1.165, 1.54) is 37.4 Å². The van der Waals surface area contributed by atoms with Gasteiger partial charge in [0.2, 0.25) is 0 Å². The molecule has 0 bridgehead atoms. The molecule has 254 valence electrons. The topological polar surface area (TPSA) is 193 Å². The first-order valence-electron chi connectivity index (χ1n) is 15.4. The van der Waals surface area contributed by atoms with Gasteiger partial charge in [-0.15, -0.1) is 0 Å². The molecule has 4 N–H and O–H groups in total. The number of rotatable bonds is 9. The molecule has 3 aromatic carbocycles. The maximum absolute atomic E-state index is 12.4. The molecule has 1 aliphatic heterocycles. The van der Waals surface area contributed by atoms with Crippen LogP contribution in [0.25, 0.3) is 10.9 Å². The van der Waals surface area contributed by atoms with Crippen molar-refractivity contribution in [3.05, 3.63) is 101 Å². The maximum Gasteiger partial charge on any atom is 0.338 e. The van der Waals surface area contributed by atoms with Crippen molar-refractivity contribution in [1.29, 1.82) is 0 Å². The summed E-state index contributed by atoms with van der Waals surface area (Å²) in [6.45, 7) is 5.54. The summed E-state index contributed by atoms with van der Waals surface area (Å²) >= 11 is 0. The van der Waals surface area contributed by atoms with E-state index >= 15 is 0 Å². The van der Waals surface area contributed by atoms with Crippen LogP contribution in [0.15, 0.2) is 88.8 Å². The van der Waals surface area contributed by atoms with Gasteiger partial charge in [-0.3, -0.25) is 14.4 Å². The molecular formula is C35H35N5O8S. The van der Waals surface area contributed by atoms with Gasteiger partial charge in [-0.25, -0.2) is 27.9 Å². The Hall–Kier alpha value is -5.63. The number of nitrogens with one attached hydrogen (secondary N) is 3. The number of aromatic carboxylic acids is 1. The lowest BCUT2D eigenvalue weighted by Gasteiger charge is -2.21. The van der Waals surface area contributed by atoms with E-state index in [2.05, 4.69) is 20.6 Å². The summed E-state index contributed by atoms with van der Waals surface area (Å²) in [5.74, 6) is -1.91. The van der Waals surface area contributed by atoms with Gasteiger partial charge in [-0.05, 0) is 74.2 Å². The molecule has 1 fully saturated rings. The Morgan fingerprint density at radius 2 is 1.61 bits per heavy atom. The summed E-state index contributed by atoms with van der Waals surface area (Å²) < 4.78 is 31.9. The van der Waals surface area contributed by atoms with Crippen molar-refractivity contribution in [3.8, 4) is 5.75 Å². The van der Waals surface area contributed by atoms with Crippen molar-refractivity contribution in [1.82, 2.24) is 20.3 Å². The molecule has 1 saturated carbocycles. The van der Waals surface area contributed by atoms with E-state index in [1.54, 1.807) is 43.3 Å². The minimum Gasteiger partial charge on any atom is -0.496 e. The van der Waals surface area contributed by atoms with Crippen LogP contribution < -0.4 is 20.1 Å². The lowest BCUT2D eigenvalue weighted by molar-refractivity contribution is -0.124. The predicted octanol–water partition coefficient (Wildman–Crippen LogP) is 3.93. The van der Waals surface area contributed by atoms with E-state index in [4.69, 9.17) is 4.74 Å². The van der Waals surface area contributed by atoms with Gasteiger partial charge >= 0.3 is 5.97 Å². The summed E-state index contributed by atoms with van der Waals surface area (Å²) in [4.78, 5) is 56.8. The number of carboxylic acids is 1. The number of aliphatic imine (C=N–C) groups is 1. The number of aromatic nitrogens is 1. The van der Waals surface area contributed by atoms with E-state index in [0.29, 0.717) is 11.1 Å². The molecule has 0 spiro atoms. The lowest BCUT2D eigenvalue weighted by Crippen LogP contribution is -2.41. The van der Waals surface area contributed by atoms with E-state index in [-0.39, 0.29) is 57.1 Å². The fourth-order valence-electron chi connectivity index (χ4n) is 4.86. The highest BCUT2D eigenvalue weighted by Gasteiger charge is 2.43. The van der Waals surface area contributed by atoms with Crippen LogP contribution in [0.1, 0.15) is 70.4 Å². The molecule has 3 amide bonds. The highest BCUT2D eigenvalue weighted by atomic mass is 32.2. The molecule has 1 aliphatic carbocycles. The standard InChI is InChI=1S/C18H18N2O5S.C17H17N3O3/c1-25-16-5-3-2-4-15(16)18(22)20-26(23,24)14-10-6-12(7-11-14)17(21)19-13-8-9-13;1-9(2)17(3)16(23)19-14(20-17)13-11(15(21)22)8-10-6-4-5-7-12(10)18-13/h2-7,10-11,13H,8-9H2,1H3,(H,19,21)(H,20,22);4-9H,1-3H3,(H,21,22)(H,19,20,23). The molecule has 1 atom stereocenters. The van der Waals surface area contributed by atoms with Crippen LogP contribution in [0.5, 0.6) is 5.75 Å². The van der Waals surface area contributed by atoms with Crippen LogP contribution in [0.3, 0.4) is 0 Å². The van der Waals surface area contributed by atoms with Crippen molar-refractivity contribution in [2.45, 2.75) is 50.1 Å². The third-order valence-electron chi connectivity index (χ3n) is 8.26. The van der Waals surface area contributed by atoms with Crippen molar-refractivity contribution in [2.75, 3.05) is 7.11 Å². The van der Waals surface area contributed by atoms with Crippen LogP contribution >= 0.6 is 0 Å². The molecule has 6 rings (SSSR count). The molecule has 4 aromatic rings. The largest absolute Gasteiger partial charge is 0.496 e. The van der Waals surface area contributed by atoms with E-state index in [1.807, 2.05) is 30.7 Å². The zero-order chi connectivity index (χ0) is 35.5. The first kappa shape index (κ1) is 34.7. The van der Waals surface area contributed by atoms with E-state index in [9.17, 15) is 32.7 Å². The van der Waals surface area contributed by atoms with Gasteiger partial charge in [-0.1, -0.05) is 44.2 Å².